The van der Waals surface area contributed by atoms with E-state index in [-0.39, 0.29) is 0 Å². The van der Waals surface area contributed by atoms with Gasteiger partial charge in [0.25, 0.3) is 0 Å². The molecular formula is C16H17N3S. The Balaban J connectivity index is 1.78. The summed E-state index contributed by atoms with van der Waals surface area (Å²) in [4.78, 5) is 7.46. The van der Waals surface area contributed by atoms with E-state index in [1.165, 1.54) is 41.8 Å². The Morgan fingerprint density at radius 3 is 2.75 bits per heavy atom. The molecule has 1 aliphatic carbocycles. The summed E-state index contributed by atoms with van der Waals surface area (Å²) in [7, 11) is 0. The molecule has 2 heterocycles. The summed E-state index contributed by atoms with van der Waals surface area (Å²) in [6.45, 7) is 0.589. The molecule has 20 heavy (non-hydrogen) atoms. The lowest BCUT2D eigenvalue weighted by Gasteiger charge is -2.09. The van der Waals surface area contributed by atoms with Gasteiger partial charge in [-0.2, -0.15) is 0 Å². The number of rotatable bonds is 2. The molecular weight excluding hydrogens is 266 g/mol. The largest absolute Gasteiger partial charge is 0.326 e. The van der Waals surface area contributed by atoms with E-state index in [2.05, 4.69) is 34.9 Å². The maximum atomic E-state index is 5.64. The smallest absolute Gasteiger partial charge is 0.194 e. The maximum absolute atomic E-state index is 5.64. The standard InChI is InChI=1S/C16H17N3S/c17-9-11-5-7-12(8-6-11)13-10-19-14-3-1-2-4-15(14)20-16(19)18-13/h5-8,10H,1-4,9,17H2. The van der Waals surface area contributed by atoms with Crippen molar-refractivity contribution in [3.8, 4) is 11.3 Å². The van der Waals surface area contributed by atoms with Crippen molar-refractivity contribution in [3.05, 3.63) is 46.6 Å². The summed E-state index contributed by atoms with van der Waals surface area (Å²) in [6, 6.07) is 8.39. The van der Waals surface area contributed by atoms with Gasteiger partial charge < -0.3 is 5.73 Å². The van der Waals surface area contributed by atoms with Crippen molar-refractivity contribution in [2.24, 2.45) is 5.73 Å². The number of imidazole rings is 1. The molecule has 4 rings (SSSR count). The lowest BCUT2D eigenvalue weighted by molar-refractivity contribution is 0.674. The number of thiazole rings is 1. The van der Waals surface area contributed by atoms with E-state index in [0.717, 1.165) is 16.2 Å². The highest BCUT2D eigenvalue weighted by Gasteiger charge is 2.18. The van der Waals surface area contributed by atoms with Crippen molar-refractivity contribution in [1.82, 2.24) is 9.38 Å². The molecule has 0 bridgehead atoms. The Morgan fingerprint density at radius 1 is 1.15 bits per heavy atom. The van der Waals surface area contributed by atoms with E-state index in [4.69, 9.17) is 10.7 Å². The van der Waals surface area contributed by atoms with Gasteiger partial charge in [0.15, 0.2) is 4.96 Å². The van der Waals surface area contributed by atoms with Crippen LogP contribution in [0.25, 0.3) is 16.2 Å². The molecule has 0 radical (unpaired) electrons. The van der Waals surface area contributed by atoms with Gasteiger partial charge in [-0.1, -0.05) is 24.3 Å². The van der Waals surface area contributed by atoms with Crippen LogP contribution >= 0.6 is 11.3 Å². The molecule has 0 saturated carbocycles. The fourth-order valence-corrected chi connectivity index (χ4v) is 4.11. The van der Waals surface area contributed by atoms with Crippen molar-refractivity contribution in [1.29, 1.82) is 0 Å². The van der Waals surface area contributed by atoms with Gasteiger partial charge in [-0.25, -0.2) is 4.98 Å². The first-order valence-corrected chi connectivity index (χ1v) is 7.96. The summed E-state index contributed by atoms with van der Waals surface area (Å²) >= 11 is 1.85. The molecule has 0 spiro atoms. The van der Waals surface area contributed by atoms with Gasteiger partial charge in [-0.15, -0.1) is 11.3 Å². The van der Waals surface area contributed by atoms with Crippen LogP contribution < -0.4 is 5.73 Å². The van der Waals surface area contributed by atoms with Crippen LogP contribution in [0.15, 0.2) is 30.5 Å². The molecule has 102 valence electrons. The molecule has 1 aliphatic rings. The van der Waals surface area contributed by atoms with Gasteiger partial charge in [-0.3, -0.25) is 4.40 Å². The highest BCUT2D eigenvalue weighted by atomic mass is 32.1. The van der Waals surface area contributed by atoms with Crippen LogP contribution in [-0.4, -0.2) is 9.38 Å². The second-order valence-corrected chi connectivity index (χ2v) is 6.42. The summed E-state index contributed by atoms with van der Waals surface area (Å²) in [5, 5.41) is 0. The van der Waals surface area contributed by atoms with Crippen molar-refractivity contribution in [2.75, 3.05) is 0 Å². The third-order valence-corrected chi connectivity index (χ3v) is 5.21. The monoisotopic (exact) mass is 283 g/mol. The molecule has 0 amide bonds. The first-order chi connectivity index (χ1) is 9.85. The minimum atomic E-state index is 0.589. The van der Waals surface area contributed by atoms with Gasteiger partial charge in [0, 0.05) is 28.9 Å². The number of nitrogens with two attached hydrogens (primary N) is 1. The minimum Gasteiger partial charge on any atom is -0.326 e. The third kappa shape index (κ3) is 1.87. The van der Waals surface area contributed by atoms with Crippen molar-refractivity contribution >= 4 is 16.3 Å². The molecule has 2 N–H and O–H groups in total. The lowest BCUT2D eigenvalue weighted by atomic mass is 10.0. The number of fused-ring (bicyclic) bond motifs is 3. The van der Waals surface area contributed by atoms with E-state index in [1.807, 2.05) is 11.3 Å². The molecule has 2 aromatic heterocycles. The first kappa shape index (κ1) is 12.1. The van der Waals surface area contributed by atoms with Crippen molar-refractivity contribution in [2.45, 2.75) is 32.2 Å². The van der Waals surface area contributed by atoms with Crippen molar-refractivity contribution < 1.29 is 0 Å². The predicted octanol–water partition coefficient (Wildman–Crippen LogP) is 3.40. The Hall–Kier alpha value is -1.65. The molecule has 3 aromatic rings. The van der Waals surface area contributed by atoms with E-state index < -0.39 is 0 Å². The Labute approximate surface area is 122 Å². The van der Waals surface area contributed by atoms with Gasteiger partial charge >= 0.3 is 0 Å². The lowest BCUT2D eigenvalue weighted by Crippen LogP contribution is -2.01. The number of hydrogen-bond donors (Lipinski definition) is 1. The number of aryl methyl sites for hydroxylation is 2. The molecule has 0 unspecified atom stereocenters. The minimum absolute atomic E-state index is 0.589. The van der Waals surface area contributed by atoms with Gasteiger partial charge in [-0.05, 0) is 31.2 Å². The quantitative estimate of drug-likeness (QED) is 0.783. The number of aromatic nitrogens is 2. The molecule has 3 nitrogen and oxygen atoms in total. The highest BCUT2D eigenvalue weighted by Crippen LogP contribution is 2.32. The Bertz CT molecular complexity index is 752. The third-order valence-electron chi connectivity index (χ3n) is 4.05. The average molecular weight is 283 g/mol. The number of benzene rings is 1. The summed E-state index contributed by atoms with van der Waals surface area (Å²) in [5.74, 6) is 0. The summed E-state index contributed by atoms with van der Waals surface area (Å²) in [6.07, 6.45) is 7.23. The molecule has 0 fully saturated rings. The normalized spacial score (nSPS) is 14.7. The maximum Gasteiger partial charge on any atom is 0.194 e. The van der Waals surface area contributed by atoms with Crippen molar-refractivity contribution in [3.63, 3.8) is 0 Å². The molecule has 1 aromatic carbocycles. The SMILES string of the molecule is NCc1ccc(-c2cn3c4c(sc3n2)CCCC4)cc1. The Kier molecular flexibility index (Phi) is 2.86. The molecule has 4 heteroatoms. The molecule has 0 aliphatic heterocycles. The zero-order valence-electron chi connectivity index (χ0n) is 11.3. The van der Waals surface area contributed by atoms with E-state index in [9.17, 15) is 0 Å². The van der Waals surface area contributed by atoms with E-state index in [0.29, 0.717) is 6.54 Å². The van der Waals surface area contributed by atoms with Gasteiger partial charge in [0.2, 0.25) is 0 Å². The van der Waals surface area contributed by atoms with Crippen LogP contribution in [0.3, 0.4) is 0 Å². The van der Waals surface area contributed by atoms with E-state index in [1.54, 1.807) is 0 Å². The van der Waals surface area contributed by atoms with Crippen LogP contribution in [0.2, 0.25) is 0 Å². The average Bonchev–Trinajstić information content (AvgIpc) is 3.05. The fourth-order valence-electron chi connectivity index (χ4n) is 2.92. The van der Waals surface area contributed by atoms with Crippen LogP contribution in [-0.2, 0) is 19.4 Å². The zero-order valence-corrected chi connectivity index (χ0v) is 12.1. The highest BCUT2D eigenvalue weighted by molar-refractivity contribution is 7.17. The molecule has 0 atom stereocenters. The van der Waals surface area contributed by atoms with Gasteiger partial charge in [0.05, 0.1) is 5.69 Å². The number of nitrogens with zero attached hydrogens (tertiary/aromatic N) is 2. The summed E-state index contributed by atoms with van der Waals surface area (Å²) < 4.78 is 2.30. The molecule has 0 saturated heterocycles. The van der Waals surface area contributed by atoms with Gasteiger partial charge in [0.1, 0.15) is 0 Å². The van der Waals surface area contributed by atoms with Crippen LogP contribution in [0, 0.1) is 0 Å². The zero-order chi connectivity index (χ0) is 13.5. The van der Waals surface area contributed by atoms with Crippen LogP contribution in [0.4, 0.5) is 0 Å². The second kappa shape index (κ2) is 4.72. The number of hydrogen-bond acceptors (Lipinski definition) is 3. The first-order valence-electron chi connectivity index (χ1n) is 7.14. The van der Waals surface area contributed by atoms with Crippen LogP contribution in [0.5, 0.6) is 0 Å². The summed E-state index contributed by atoms with van der Waals surface area (Å²) in [5.41, 5.74) is 10.5. The van der Waals surface area contributed by atoms with E-state index >= 15 is 0 Å². The van der Waals surface area contributed by atoms with Crippen LogP contribution in [0.1, 0.15) is 29.0 Å². The fraction of sp³-hybridized carbons (Fsp3) is 0.312. The topological polar surface area (TPSA) is 43.3 Å². The Morgan fingerprint density at radius 2 is 1.95 bits per heavy atom. The second-order valence-electron chi connectivity index (χ2n) is 5.36. The predicted molar refractivity (Wildman–Crippen MR) is 83.0 cm³/mol.